The van der Waals surface area contributed by atoms with Gasteiger partial charge in [-0.15, -0.1) is 0 Å². The Morgan fingerprint density at radius 1 is 1.40 bits per heavy atom. The van der Waals surface area contributed by atoms with Crippen LogP contribution in [0.4, 0.5) is 13.2 Å². The van der Waals surface area contributed by atoms with Gasteiger partial charge in [-0.2, -0.15) is 13.2 Å². The molecule has 0 aromatic rings. The quantitative estimate of drug-likeness (QED) is 0.512. The first-order valence-electron chi connectivity index (χ1n) is 2.40. The Bertz CT molecular complexity index is 170. The molecule has 0 bridgehead atoms. The predicted molar refractivity (Wildman–Crippen MR) is 30.1 cm³/mol. The average Bonchev–Trinajstić information content (AvgIpc) is 1.78. The standard InChI is InChI=1S/C6H5F3O/c7-6(8,9)4-2-1-3-5-10/h2,4,10H,5H2/b4-2+. The molecular weight excluding hydrogens is 145 g/mol. The van der Waals surface area contributed by atoms with E-state index in [1.54, 1.807) is 0 Å². The van der Waals surface area contributed by atoms with Gasteiger partial charge in [0.15, 0.2) is 0 Å². The fraction of sp³-hybridized carbons (Fsp3) is 0.333. The molecule has 56 valence electrons. The van der Waals surface area contributed by atoms with Crippen molar-refractivity contribution in [3.8, 4) is 11.8 Å². The zero-order chi connectivity index (χ0) is 8.04. The lowest BCUT2D eigenvalue weighted by atomic mass is 10.5. The van der Waals surface area contributed by atoms with Crippen LogP contribution in [0, 0.1) is 11.8 Å². The molecule has 10 heavy (non-hydrogen) atoms. The molecule has 0 aliphatic carbocycles. The lowest BCUT2D eigenvalue weighted by Crippen LogP contribution is -1.99. The summed E-state index contributed by atoms with van der Waals surface area (Å²) in [6.45, 7) is -0.428. The zero-order valence-electron chi connectivity index (χ0n) is 4.94. The van der Waals surface area contributed by atoms with Gasteiger partial charge in [0, 0.05) is 6.08 Å². The molecule has 0 amide bonds. The van der Waals surface area contributed by atoms with E-state index in [-0.39, 0.29) is 6.08 Å². The number of alkyl halides is 3. The molecular formula is C6H5F3O. The van der Waals surface area contributed by atoms with Crippen LogP contribution in [0.2, 0.25) is 0 Å². The van der Waals surface area contributed by atoms with Gasteiger partial charge >= 0.3 is 6.18 Å². The Morgan fingerprint density at radius 2 is 2.00 bits per heavy atom. The molecule has 0 fully saturated rings. The van der Waals surface area contributed by atoms with E-state index in [0.29, 0.717) is 6.08 Å². The van der Waals surface area contributed by atoms with Crippen molar-refractivity contribution in [3.63, 3.8) is 0 Å². The molecule has 1 N–H and O–H groups in total. The van der Waals surface area contributed by atoms with Crippen LogP contribution in [0.25, 0.3) is 0 Å². The summed E-state index contributed by atoms with van der Waals surface area (Å²) in [6.07, 6.45) is -3.66. The Labute approximate surface area is 56.2 Å². The lowest BCUT2D eigenvalue weighted by Gasteiger charge is -1.93. The summed E-state index contributed by atoms with van der Waals surface area (Å²) in [5, 5.41) is 8.01. The second kappa shape index (κ2) is 3.96. The fourth-order valence-corrected chi connectivity index (χ4v) is 0.241. The van der Waals surface area contributed by atoms with Gasteiger partial charge < -0.3 is 5.11 Å². The number of allylic oxidation sites excluding steroid dienone is 2. The van der Waals surface area contributed by atoms with Crippen molar-refractivity contribution < 1.29 is 18.3 Å². The van der Waals surface area contributed by atoms with Crippen LogP contribution in [-0.2, 0) is 0 Å². The first-order valence-corrected chi connectivity index (χ1v) is 2.40. The number of hydrogen-bond donors (Lipinski definition) is 1. The number of aliphatic hydroxyl groups is 1. The minimum Gasteiger partial charge on any atom is -0.384 e. The molecule has 0 aromatic carbocycles. The van der Waals surface area contributed by atoms with Gasteiger partial charge in [0.05, 0.1) is 0 Å². The second-order valence-corrected chi connectivity index (χ2v) is 1.35. The van der Waals surface area contributed by atoms with Gasteiger partial charge in [-0.3, -0.25) is 0 Å². The molecule has 0 spiro atoms. The summed E-state index contributed by atoms with van der Waals surface area (Å²) in [4.78, 5) is 0. The van der Waals surface area contributed by atoms with E-state index in [2.05, 4.69) is 0 Å². The third-order valence-electron chi connectivity index (χ3n) is 0.537. The largest absolute Gasteiger partial charge is 0.410 e. The number of hydrogen-bond acceptors (Lipinski definition) is 1. The fourth-order valence-electron chi connectivity index (χ4n) is 0.241. The minimum absolute atomic E-state index is 0.00958. The maximum Gasteiger partial charge on any atom is 0.410 e. The predicted octanol–water partition coefficient (Wildman–Crippen LogP) is 1.10. The highest BCUT2D eigenvalue weighted by molar-refractivity contribution is 5.16. The lowest BCUT2D eigenvalue weighted by molar-refractivity contribution is -0.0797. The first-order chi connectivity index (χ1) is 4.56. The monoisotopic (exact) mass is 150 g/mol. The Kier molecular flexibility index (Phi) is 3.59. The molecule has 0 unspecified atom stereocenters. The molecule has 0 atom stereocenters. The summed E-state index contributed by atoms with van der Waals surface area (Å²) >= 11 is 0. The van der Waals surface area contributed by atoms with Gasteiger partial charge in [-0.05, 0) is 6.08 Å². The maximum absolute atomic E-state index is 11.3. The Hall–Kier alpha value is -0.950. The molecule has 0 aliphatic rings. The van der Waals surface area contributed by atoms with Crippen LogP contribution in [0.15, 0.2) is 12.2 Å². The van der Waals surface area contributed by atoms with Crippen molar-refractivity contribution in [3.05, 3.63) is 12.2 Å². The Morgan fingerprint density at radius 3 is 2.40 bits per heavy atom. The van der Waals surface area contributed by atoms with Crippen molar-refractivity contribution in [2.24, 2.45) is 0 Å². The van der Waals surface area contributed by atoms with Gasteiger partial charge in [-0.25, -0.2) is 0 Å². The van der Waals surface area contributed by atoms with Crippen molar-refractivity contribution in [1.82, 2.24) is 0 Å². The van der Waals surface area contributed by atoms with Crippen molar-refractivity contribution in [2.75, 3.05) is 6.61 Å². The van der Waals surface area contributed by atoms with Gasteiger partial charge in [0.25, 0.3) is 0 Å². The molecule has 0 radical (unpaired) electrons. The molecule has 0 rings (SSSR count). The average molecular weight is 150 g/mol. The van der Waals surface area contributed by atoms with Gasteiger partial charge in [0.2, 0.25) is 0 Å². The summed E-state index contributed by atoms with van der Waals surface area (Å²) in [5.41, 5.74) is 0. The molecule has 4 heteroatoms. The van der Waals surface area contributed by atoms with Crippen LogP contribution < -0.4 is 0 Å². The van der Waals surface area contributed by atoms with Crippen molar-refractivity contribution in [1.29, 1.82) is 0 Å². The van der Waals surface area contributed by atoms with E-state index in [4.69, 9.17) is 5.11 Å². The van der Waals surface area contributed by atoms with Crippen molar-refractivity contribution in [2.45, 2.75) is 6.18 Å². The second-order valence-electron chi connectivity index (χ2n) is 1.35. The first kappa shape index (κ1) is 9.05. The molecule has 0 aromatic heterocycles. The third kappa shape index (κ3) is 7.05. The van der Waals surface area contributed by atoms with Crippen LogP contribution in [0.3, 0.4) is 0 Å². The van der Waals surface area contributed by atoms with E-state index < -0.39 is 12.8 Å². The minimum atomic E-state index is -4.32. The van der Waals surface area contributed by atoms with E-state index in [0.717, 1.165) is 0 Å². The number of rotatable bonds is 0. The molecule has 0 heterocycles. The maximum atomic E-state index is 11.3. The number of halogens is 3. The zero-order valence-corrected chi connectivity index (χ0v) is 4.94. The Balaban J connectivity index is 3.78. The van der Waals surface area contributed by atoms with E-state index in [1.165, 1.54) is 0 Å². The summed E-state index contributed by atoms with van der Waals surface area (Å²) in [5.74, 6) is 4.03. The number of aliphatic hydroxyl groups excluding tert-OH is 1. The summed E-state index contributed by atoms with van der Waals surface area (Å²) in [6, 6.07) is 0. The summed E-state index contributed by atoms with van der Waals surface area (Å²) < 4.78 is 33.8. The van der Waals surface area contributed by atoms with E-state index in [9.17, 15) is 13.2 Å². The van der Waals surface area contributed by atoms with E-state index >= 15 is 0 Å². The van der Waals surface area contributed by atoms with Crippen LogP contribution in [0.5, 0.6) is 0 Å². The van der Waals surface area contributed by atoms with Crippen LogP contribution >= 0.6 is 0 Å². The highest BCUT2D eigenvalue weighted by Crippen LogP contribution is 2.15. The molecule has 0 aliphatic heterocycles. The smallest absolute Gasteiger partial charge is 0.384 e. The van der Waals surface area contributed by atoms with E-state index in [1.807, 2.05) is 11.8 Å². The highest BCUT2D eigenvalue weighted by Gasteiger charge is 2.21. The summed E-state index contributed by atoms with van der Waals surface area (Å²) in [7, 11) is 0. The molecule has 0 saturated heterocycles. The topological polar surface area (TPSA) is 20.2 Å². The van der Waals surface area contributed by atoms with Gasteiger partial charge in [-0.1, -0.05) is 11.8 Å². The highest BCUT2D eigenvalue weighted by atomic mass is 19.4. The normalized spacial score (nSPS) is 11.2. The van der Waals surface area contributed by atoms with Crippen LogP contribution in [-0.4, -0.2) is 17.9 Å². The molecule has 1 nitrogen and oxygen atoms in total. The molecule has 0 saturated carbocycles. The van der Waals surface area contributed by atoms with Gasteiger partial charge in [0.1, 0.15) is 6.61 Å². The third-order valence-corrected chi connectivity index (χ3v) is 0.537. The SMILES string of the molecule is OCC#C/C=C/C(F)(F)F. The van der Waals surface area contributed by atoms with Crippen LogP contribution in [0.1, 0.15) is 0 Å². The van der Waals surface area contributed by atoms with Crippen molar-refractivity contribution >= 4 is 0 Å².